The van der Waals surface area contributed by atoms with Crippen LogP contribution >= 0.6 is 0 Å². The van der Waals surface area contributed by atoms with Crippen LogP contribution in [0.2, 0.25) is 0 Å². The van der Waals surface area contributed by atoms with Crippen molar-refractivity contribution < 1.29 is 4.79 Å². The molecular weight excluding hydrogens is 102 g/mol. The summed E-state index contributed by atoms with van der Waals surface area (Å²) in [6.07, 6.45) is 2.26. The number of carbonyl (C=O) groups is 1. The van der Waals surface area contributed by atoms with E-state index in [1.807, 2.05) is 6.92 Å². The van der Waals surface area contributed by atoms with E-state index in [-0.39, 0.29) is 0 Å². The van der Waals surface area contributed by atoms with E-state index in [1.165, 1.54) is 0 Å². The average molecular weight is 114 g/mol. The minimum atomic E-state index is -0.839. The maximum atomic E-state index is 10.0. The fourth-order valence-electron chi connectivity index (χ4n) is 0.524. The summed E-state index contributed by atoms with van der Waals surface area (Å²) in [5, 5.41) is 0. The molecule has 0 rings (SSSR count). The van der Waals surface area contributed by atoms with E-state index in [4.69, 9.17) is 5.73 Å². The van der Waals surface area contributed by atoms with E-state index in [9.17, 15) is 4.79 Å². The Labute approximate surface area is 50.1 Å². The maximum absolute atomic E-state index is 10.0. The third-order valence-electron chi connectivity index (χ3n) is 0.950. The summed E-state index contributed by atoms with van der Waals surface area (Å²) in [6.45, 7) is 5.46. The lowest BCUT2D eigenvalue weighted by molar-refractivity contribution is -0.111. The van der Waals surface area contributed by atoms with Crippen molar-refractivity contribution in [3.8, 4) is 0 Å². The number of hydrogen-bond acceptors (Lipinski definition) is 2. The van der Waals surface area contributed by atoms with Gasteiger partial charge in [0.15, 0.2) is 0 Å². The molecule has 8 heavy (non-hydrogen) atoms. The number of aldehydes is 1. The molecule has 0 aromatic carbocycles. The van der Waals surface area contributed by atoms with Crippen LogP contribution in [0.4, 0.5) is 0 Å². The first kappa shape index (κ1) is 7.63. The second-order valence-electron chi connectivity index (χ2n) is 2.10. The largest absolute Gasteiger partial charge is 0.319 e. The molecule has 0 spiro atoms. The van der Waals surface area contributed by atoms with Gasteiger partial charge in [0.05, 0.1) is 5.54 Å². The fraction of sp³-hybridized carbons (Fsp3) is 0.667. The van der Waals surface area contributed by atoms with Crippen molar-refractivity contribution in [1.29, 1.82) is 0 Å². The second kappa shape index (κ2) is 2.82. The van der Waals surface area contributed by atoms with Gasteiger partial charge >= 0.3 is 0 Å². The molecule has 0 saturated heterocycles. The van der Waals surface area contributed by atoms with E-state index in [0.717, 1.165) is 6.42 Å². The highest BCUT2D eigenvalue weighted by atomic mass is 16.1. The van der Waals surface area contributed by atoms with Gasteiger partial charge in [-0.2, -0.15) is 0 Å². The van der Waals surface area contributed by atoms with E-state index in [1.54, 1.807) is 0 Å². The molecule has 1 atom stereocenters. The Morgan fingerprint density at radius 1 is 1.88 bits per heavy atom. The molecule has 0 heterocycles. The molecule has 0 aromatic rings. The second-order valence-corrected chi connectivity index (χ2v) is 2.10. The SMILES string of the molecule is [CH2]C(N)(C=O)CCC. The summed E-state index contributed by atoms with van der Waals surface area (Å²) in [6, 6.07) is 0. The summed E-state index contributed by atoms with van der Waals surface area (Å²) in [5.74, 6) is 0. The molecule has 2 nitrogen and oxygen atoms in total. The highest BCUT2D eigenvalue weighted by Crippen LogP contribution is 2.02. The first-order valence-corrected chi connectivity index (χ1v) is 2.73. The van der Waals surface area contributed by atoms with Crippen LogP contribution in [0.5, 0.6) is 0 Å². The Morgan fingerprint density at radius 3 is 2.50 bits per heavy atom. The fourth-order valence-corrected chi connectivity index (χ4v) is 0.524. The Balaban J connectivity index is 3.53. The molecule has 0 amide bonds. The van der Waals surface area contributed by atoms with Gasteiger partial charge in [-0.3, -0.25) is 0 Å². The summed E-state index contributed by atoms with van der Waals surface area (Å²) in [7, 11) is 0. The molecule has 0 aliphatic rings. The van der Waals surface area contributed by atoms with Crippen molar-refractivity contribution in [2.24, 2.45) is 5.73 Å². The zero-order valence-corrected chi connectivity index (χ0v) is 5.18. The van der Waals surface area contributed by atoms with Crippen LogP contribution in [0.3, 0.4) is 0 Å². The van der Waals surface area contributed by atoms with E-state index < -0.39 is 5.54 Å². The molecule has 1 radical (unpaired) electrons. The van der Waals surface area contributed by atoms with Gasteiger partial charge in [-0.15, -0.1) is 0 Å². The Morgan fingerprint density at radius 2 is 2.38 bits per heavy atom. The highest BCUT2D eigenvalue weighted by Gasteiger charge is 2.14. The van der Waals surface area contributed by atoms with Crippen LogP contribution in [0.1, 0.15) is 19.8 Å². The first-order chi connectivity index (χ1) is 3.62. The van der Waals surface area contributed by atoms with Gasteiger partial charge in [0.2, 0.25) is 0 Å². The summed E-state index contributed by atoms with van der Waals surface area (Å²) in [4.78, 5) is 10.0. The normalized spacial score (nSPS) is 17.4. The molecule has 2 N–H and O–H groups in total. The van der Waals surface area contributed by atoms with Gasteiger partial charge in [-0.1, -0.05) is 13.3 Å². The first-order valence-electron chi connectivity index (χ1n) is 2.73. The van der Waals surface area contributed by atoms with Crippen LogP contribution in [-0.2, 0) is 4.79 Å². The van der Waals surface area contributed by atoms with Crippen LogP contribution in [-0.4, -0.2) is 11.8 Å². The molecule has 0 saturated carbocycles. The number of nitrogens with two attached hydrogens (primary N) is 1. The smallest absolute Gasteiger partial charge is 0.139 e. The third-order valence-corrected chi connectivity index (χ3v) is 0.950. The molecule has 0 fully saturated rings. The van der Waals surface area contributed by atoms with Gasteiger partial charge in [-0.05, 0) is 13.3 Å². The summed E-state index contributed by atoms with van der Waals surface area (Å²) < 4.78 is 0. The molecule has 0 bridgehead atoms. The topological polar surface area (TPSA) is 43.1 Å². The standard InChI is InChI=1S/C6H12NO/c1-3-4-6(2,7)5-8/h5H,2-4,7H2,1H3. The Kier molecular flexibility index (Phi) is 2.69. The van der Waals surface area contributed by atoms with Crippen molar-refractivity contribution in [2.45, 2.75) is 25.3 Å². The molecular formula is C6H12NO. The van der Waals surface area contributed by atoms with E-state index in [0.29, 0.717) is 12.7 Å². The van der Waals surface area contributed by atoms with Gasteiger partial charge in [-0.25, -0.2) is 0 Å². The molecule has 1 unspecified atom stereocenters. The van der Waals surface area contributed by atoms with Gasteiger partial charge in [0, 0.05) is 0 Å². The van der Waals surface area contributed by atoms with Gasteiger partial charge in [0.25, 0.3) is 0 Å². The predicted octanol–water partition coefficient (Wildman–Crippen LogP) is 0.517. The zero-order valence-electron chi connectivity index (χ0n) is 5.18. The predicted molar refractivity (Wildman–Crippen MR) is 33.2 cm³/mol. The maximum Gasteiger partial charge on any atom is 0.139 e. The average Bonchev–Trinajstić information content (AvgIpc) is 1.67. The lowest BCUT2D eigenvalue weighted by atomic mass is 10.0. The Bertz CT molecular complexity index is 78.6. The van der Waals surface area contributed by atoms with Gasteiger partial charge in [0.1, 0.15) is 6.29 Å². The molecule has 47 valence electrons. The van der Waals surface area contributed by atoms with E-state index in [2.05, 4.69) is 6.92 Å². The van der Waals surface area contributed by atoms with Crippen molar-refractivity contribution in [2.75, 3.05) is 0 Å². The lowest BCUT2D eigenvalue weighted by Gasteiger charge is -2.13. The van der Waals surface area contributed by atoms with Gasteiger partial charge < -0.3 is 10.5 Å². The highest BCUT2D eigenvalue weighted by molar-refractivity contribution is 5.64. The minimum absolute atomic E-state index is 0.663. The lowest BCUT2D eigenvalue weighted by Crippen LogP contribution is -2.37. The third kappa shape index (κ3) is 2.75. The van der Waals surface area contributed by atoms with Crippen LogP contribution in [0.25, 0.3) is 0 Å². The Hall–Kier alpha value is -0.370. The van der Waals surface area contributed by atoms with Crippen LogP contribution in [0, 0.1) is 6.92 Å². The summed E-state index contributed by atoms with van der Waals surface area (Å²) >= 11 is 0. The minimum Gasteiger partial charge on any atom is -0.319 e. The number of hydrogen-bond donors (Lipinski definition) is 1. The molecule has 0 aromatic heterocycles. The van der Waals surface area contributed by atoms with Crippen molar-refractivity contribution in [1.82, 2.24) is 0 Å². The molecule has 0 aliphatic carbocycles. The van der Waals surface area contributed by atoms with Crippen molar-refractivity contribution in [3.63, 3.8) is 0 Å². The summed E-state index contributed by atoms with van der Waals surface area (Å²) in [5.41, 5.74) is 4.51. The number of carbonyl (C=O) groups excluding carboxylic acids is 1. The van der Waals surface area contributed by atoms with E-state index >= 15 is 0 Å². The number of rotatable bonds is 3. The van der Waals surface area contributed by atoms with Crippen molar-refractivity contribution in [3.05, 3.63) is 6.92 Å². The van der Waals surface area contributed by atoms with Crippen molar-refractivity contribution >= 4 is 6.29 Å². The van der Waals surface area contributed by atoms with Crippen LogP contribution < -0.4 is 5.73 Å². The monoisotopic (exact) mass is 114 g/mol. The zero-order chi connectivity index (χ0) is 6.62. The quantitative estimate of drug-likeness (QED) is 0.543. The van der Waals surface area contributed by atoms with Crippen LogP contribution in [0.15, 0.2) is 0 Å². The molecule has 0 aliphatic heterocycles. The molecule has 2 heteroatoms.